The van der Waals surface area contributed by atoms with Crippen molar-refractivity contribution in [3.8, 4) is 0 Å². The van der Waals surface area contributed by atoms with Gasteiger partial charge in [0.1, 0.15) is 6.29 Å². The predicted molar refractivity (Wildman–Crippen MR) is 57.4 cm³/mol. The van der Waals surface area contributed by atoms with Crippen LogP contribution >= 0.6 is 0 Å². The van der Waals surface area contributed by atoms with Crippen molar-refractivity contribution in [1.29, 1.82) is 0 Å². The van der Waals surface area contributed by atoms with Crippen molar-refractivity contribution in [3.05, 3.63) is 35.4 Å². The molecule has 0 spiro atoms. The lowest BCUT2D eigenvalue weighted by Crippen LogP contribution is -2.29. The van der Waals surface area contributed by atoms with Gasteiger partial charge < -0.3 is 15.1 Å². The fraction of sp³-hybridized carbons (Fsp3) is 0.273. The fourth-order valence-electron chi connectivity index (χ4n) is 1.24. The highest BCUT2D eigenvalue weighted by molar-refractivity contribution is 5.74. The topological polar surface area (TPSA) is 77.8 Å². The Labute approximate surface area is 92.9 Å². The zero-order chi connectivity index (χ0) is 12.1. The zero-order valence-corrected chi connectivity index (χ0v) is 8.83. The van der Waals surface area contributed by atoms with Crippen LogP contribution in [0.4, 0.5) is 4.79 Å². The van der Waals surface area contributed by atoms with E-state index >= 15 is 0 Å². The Hall–Kier alpha value is -1.88. The Kier molecular flexibility index (Phi) is 4.02. The summed E-state index contributed by atoms with van der Waals surface area (Å²) in [5.41, 5.74) is 1.10. The number of aliphatic hydroxyl groups is 1. The fourth-order valence-corrected chi connectivity index (χ4v) is 1.24. The normalized spacial score (nSPS) is 11.9. The van der Waals surface area contributed by atoms with Crippen LogP contribution < -0.4 is 0 Å². The molecule has 5 nitrogen and oxygen atoms in total. The van der Waals surface area contributed by atoms with Gasteiger partial charge in [0.15, 0.2) is 0 Å². The van der Waals surface area contributed by atoms with Gasteiger partial charge in [-0.25, -0.2) is 4.79 Å². The van der Waals surface area contributed by atoms with Gasteiger partial charge >= 0.3 is 6.09 Å². The second-order valence-corrected chi connectivity index (χ2v) is 3.46. The average Bonchev–Trinajstić information content (AvgIpc) is 2.28. The number of amides is 1. The number of carboxylic acid groups (broad SMARTS) is 1. The highest BCUT2D eigenvalue weighted by Gasteiger charge is 2.13. The first-order valence-corrected chi connectivity index (χ1v) is 4.72. The lowest BCUT2D eigenvalue weighted by molar-refractivity contribution is 0.108. The molecule has 1 atom stereocenters. The first-order chi connectivity index (χ1) is 7.54. The zero-order valence-electron chi connectivity index (χ0n) is 8.83. The van der Waals surface area contributed by atoms with Gasteiger partial charge in [0.05, 0.1) is 12.6 Å². The van der Waals surface area contributed by atoms with Crippen molar-refractivity contribution in [1.82, 2.24) is 4.90 Å². The summed E-state index contributed by atoms with van der Waals surface area (Å²) in [6, 6.07) is 6.35. The number of carbonyl (C=O) groups excluding carboxylic acids is 1. The van der Waals surface area contributed by atoms with Gasteiger partial charge in [-0.05, 0) is 5.56 Å². The van der Waals surface area contributed by atoms with E-state index in [1.54, 1.807) is 24.3 Å². The SMILES string of the molecule is CN(CC(O)c1ccc(C=O)cc1)C(=O)O. The average molecular weight is 223 g/mol. The second-order valence-electron chi connectivity index (χ2n) is 3.46. The third kappa shape index (κ3) is 3.06. The van der Waals surface area contributed by atoms with Gasteiger partial charge in [0.25, 0.3) is 0 Å². The van der Waals surface area contributed by atoms with Crippen LogP contribution in [-0.2, 0) is 0 Å². The maximum atomic E-state index is 10.5. The van der Waals surface area contributed by atoms with Gasteiger partial charge in [-0.2, -0.15) is 0 Å². The molecule has 16 heavy (non-hydrogen) atoms. The van der Waals surface area contributed by atoms with E-state index in [9.17, 15) is 14.7 Å². The van der Waals surface area contributed by atoms with Gasteiger partial charge in [-0.3, -0.25) is 4.79 Å². The molecule has 1 aromatic carbocycles. The summed E-state index contributed by atoms with van der Waals surface area (Å²) >= 11 is 0. The summed E-state index contributed by atoms with van der Waals surface area (Å²) in [6.45, 7) is -0.00420. The number of rotatable bonds is 4. The number of aldehydes is 1. The molecule has 1 amide bonds. The van der Waals surface area contributed by atoms with E-state index in [0.29, 0.717) is 17.4 Å². The second kappa shape index (κ2) is 5.27. The molecule has 0 bridgehead atoms. The molecule has 86 valence electrons. The predicted octanol–water partition coefficient (Wildman–Crippen LogP) is 1.14. The number of carbonyl (C=O) groups is 2. The van der Waals surface area contributed by atoms with Crippen molar-refractivity contribution in [2.45, 2.75) is 6.10 Å². The third-order valence-corrected chi connectivity index (χ3v) is 2.23. The molecule has 1 rings (SSSR count). The highest BCUT2D eigenvalue weighted by atomic mass is 16.4. The number of hydrogen-bond donors (Lipinski definition) is 2. The Morgan fingerprint density at radius 2 is 2.00 bits per heavy atom. The first kappa shape index (κ1) is 12.2. The van der Waals surface area contributed by atoms with Gasteiger partial charge in [-0.1, -0.05) is 24.3 Å². The van der Waals surface area contributed by atoms with E-state index in [4.69, 9.17) is 5.11 Å². The molecule has 1 unspecified atom stereocenters. The molecule has 0 saturated heterocycles. The smallest absolute Gasteiger partial charge is 0.407 e. The Bertz CT molecular complexity index is 374. The standard InChI is InChI=1S/C11H13NO4/c1-12(11(15)16)6-10(14)9-4-2-8(7-13)3-5-9/h2-5,7,10,14H,6H2,1H3,(H,15,16). The Balaban J connectivity index is 2.69. The molecular weight excluding hydrogens is 210 g/mol. The van der Waals surface area contributed by atoms with Gasteiger partial charge in [0.2, 0.25) is 0 Å². The molecule has 0 aliphatic rings. The maximum absolute atomic E-state index is 10.5. The third-order valence-electron chi connectivity index (χ3n) is 2.23. The Morgan fingerprint density at radius 3 is 2.44 bits per heavy atom. The molecule has 2 N–H and O–H groups in total. The van der Waals surface area contributed by atoms with Crippen LogP contribution in [0.25, 0.3) is 0 Å². The minimum absolute atomic E-state index is 0.00420. The lowest BCUT2D eigenvalue weighted by atomic mass is 10.1. The summed E-state index contributed by atoms with van der Waals surface area (Å²) < 4.78 is 0. The van der Waals surface area contributed by atoms with Crippen molar-refractivity contribution in [2.75, 3.05) is 13.6 Å². The maximum Gasteiger partial charge on any atom is 0.407 e. The van der Waals surface area contributed by atoms with E-state index in [1.807, 2.05) is 0 Å². The van der Waals surface area contributed by atoms with Crippen molar-refractivity contribution < 1.29 is 19.8 Å². The summed E-state index contributed by atoms with van der Waals surface area (Å²) in [7, 11) is 1.38. The molecule has 0 radical (unpaired) electrons. The van der Waals surface area contributed by atoms with Gasteiger partial charge in [-0.15, -0.1) is 0 Å². The minimum atomic E-state index is -1.09. The largest absolute Gasteiger partial charge is 0.465 e. The quantitative estimate of drug-likeness (QED) is 0.750. The van der Waals surface area contributed by atoms with Crippen LogP contribution in [0.15, 0.2) is 24.3 Å². The molecule has 0 aliphatic heterocycles. The van der Waals surface area contributed by atoms with E-state index < -0.39 is 12.2 Å². The number of aliphatic hydroxyl groups excluding tert-OH is 1. The summed E-state index contributed by atoms with van der Waals surface area (Å²) in [5.74, 6) is 0. The van der Waals surface area contributed by atoms with E-state index in [-0.39, 0.29) is 6.54 Å². The van der Waals surface area contributed by atoms with E-state index in [2.05, 4.69) is 0 Å². The Morgan fingerprint density at radius 1 is 1.44 bits per heavy atom. The molecule has 0 aromatic heterocycles. The van der Waals surface area contributed by atoms with Crippen LogP contribution in [0.5, 0.6) is 0 Å². The highest BCUT2D eigenvalue weighted by Crippen LogP contribution is 2.14. The van der Waals surface area contributed by atoms with Gasteiger partial charge in [0, 0.05) is 12.6 Å². The summed E-state index contributed by atoms with van der Waals surface area (Å²) in [6.07, 6.45) is -1.27. The minimum Gasteiger partial charge on any atom is -0.465 e. The van der Waals surface area contributed by atoms with Crippen molar-refractivity contribution in [2.24, 2.45) is 0 Å². The summed E-state index contributed by atoms with van der Waals surface area (Å²) in [5, 5.41) is 18.3. The summed E-state index contributed by atoms with van der Waals surface area (Å²) in [4.78, 5) is 21.9. The van der Waals surface area contributed by atoms with Crippen molar-refractivity contribution >= 4 is 12.4 Å². The van der Waals surface area contributed by atoms with E-state index in [1.165, 1.54) is 7.05 Å². The van der Waals surface area contributed by atoms with Crippen LogP contribution in [-0.4, -0.2) is 41.1 Å². The van der Waals surface area contributed by atoms with Crippen LogP contribution in [0.1, 0.15) is 22.0 Å². The number of likely N-dealkylation sites (N-methyl/N-ethyl adjacent to an activating group) is 1. The molecular formula is C11H13NO4. The first-order valence-electron chi connectivity index (χ1n) is 4.72. The number of nitrogens with zero attached hydrogens (tertiary/aromatic N) is 1. The molecule has 0 aliphatic carbocycles. The molecule has 0 heterocycles. The van der Waals surface area contributed by atoms with E-state index in [0.717, 1.165) is 4.90 Å². The van der Waals surface area contributed by atoms with Crippen molar-refractivity contribution in [3.63, 3.8) is 0 Å². The van der Waals surface area contributed by atoms with Crippen LogP contribution in [0, 0.1) is 0 Å². The monoisotopic (exact) mass is 223 g/mol. The molecule has 1 aromatic rings. The molecule has 0 fully saturated rings. The van der Waals surface area contributed by atoms with Crippen LogP contribution in [0.2, 0.25) is 0 Å². The van der Waals surface area contributed by atoms with Crippen LogP contribution in [0.3, 0.4) is 0 Å². The lowest BCUT2D eigenvalue weighted by Gasteiger charge is -2.17. The molecule has 5 heteroatoms. The number of hydrogen-bond acceptors (Lipinski definition) is 3. The number of benzene rings is 1. The molecule has 0 saturated carbocycles.